The number of urea groups is 1. The van der Waals surface area contributed by atoms with Crippen LogP contribution in [0, 0.1) is 5.82 Å². The second-order valence-electron chi connectivity index (χ2n) is 6.36. The molecule has 0 saturated heterocycles. The summed E-state index contributed by atoms with van der Waals surface area (Å²) in [5.74, 6) is 0.620. The predicted octanol–water partition coefficient (Wildman–Crippen LogP) is 3.54. The molecule has 0 unspecified atom stereocenters. The number of hydrogen-bond acceptors (Lipinski definition) is 5. The fourth-order valence-corrected chi connectivity index (χ4v) is 2.97. The van der Waals surface area contributed by atoms with Crippen molar-refractivity contribution in [2.24, 2.45) is 0 Å². The molecule has 3 rings (SSSR count). The zero-order chi connectivity index (χ0) is 22.4. The van der Waals surface area contributed by atoms with Crippen molar-refractivity contribution in [1.82, 2.24) is 15.1 Å². The lowest BCUT2D eigenvalue weighted by Gasteiger charge is -2.12. The summed E-state index contributed by atoms with van der Waals surface area (Å²) in [4.78, 5) is 24.2. The van der Waals surface area contributed by atoms with Crippen molar-refractivity contribution in [2.75, 3.05) is 26.1 Å². The van der Waals surface area contributed by atoms with E-state index < -0.39 is 11.8 Å². The molecule has 10 heteroatoms. The van der Waals surface area contributed by atoms with Gasteiger partial charge in [0.25, 0.3) is 5.56 Å². The number of amides is 2. The summed E-state index contributed by atoms with van der Waals surface area (Å²) in [6, 6.07) is 11.6. The quantitative estimate of drug-likeness (QED) is 0.579. The minimum atomic E-state index is -0.578. The van der Waals surface area contributed by atoms with Crippen LogP contribution in [0.25, 0.3) is 11.3 Å². The van der Waals surface area contributed by atoms with Gasteiger partial charge in [-0.1, -0.05) is 11.6 Å². The second kappa shape index (κ2) is 9.94. The molecule has 2 amide bonds. The number of nitrogens with one attached hydrogen (secondary N) is 2. The van der Waals surface area contributed by atoms with Crippen LogP contribution in [-0.2, 0) is 6.54 Å². The highest BCUT2D eigenvalue weighted by atomic mass is 35.5. The monoisotopic (exact) mass is 446 g/mol. The summed E-state index contributed by atoms with van der Waals surface area (Å²) in [5, 5.41) is 9.41. The van der Waals surface area contributed by atoms with Crippen LogP contribution in [0.2, 0.25) is 5.02 Å². The minimum absolute atomic E-state index is 0.0988. The van der Waals surface area contributed by atoms with Gasteiger partial charge >= 0.3 is 6.03 Å². The van der Waals surface area contributed by atoms with Crippen LogP contribution in [0.1, 0.15) is 0 Å². The second-order valence-corrected chi connectivity index (χ2v) is 6.76. The number of aromatic nitrogens is 2. The van der Waals surface area contributed by atoms with Crippen molar-refractivity contribution < 1.29 is 18.7 Å². The van der Waals surface area contributed by atoms with Crippen LogP contribution in [0.4, 0.5) is 14.9 Å². The molecule has 1 heterocycles. The summed E-state index contributed by atoms with van der Waals surface area (Å²) < 4.78 is 25.1. The highest BCUT2D eigenvalue weighted by Gasteiger charge is 2.11. The number of rotatable bonds is 7. The van der Waals surface area contributed by atoms with E-state index >= 15 is 0 Å². The SMILES string of the molecule is COc1ccc(OC)c(-c2ccc(=O)n(CCNC(=O)Nc3ccc(F)c(Cl)c3)n2)c1. The Hall–Kier alpha value is -3.59. The largest absolute Gasteiger partial charge is 0.497 e. The van der Waals surface area contributed by atoms with Gasteiger partial charge < -0.3 is 20.1 Å². The highest BCUT2D eigenvalue weighted by molar-refractivity contribution is 6.31. The first-order valence-electron chi connectivity index (χ1n) is 9.21. The van der Waals surface area contributed by atoms with E-state index in [0.29, 0.717) is 28.4 Å². The molecule has 8 nitrogen and oxygen atoms in total. The van der Waals surface area contributed by atoms with Crippen molar-refractivity contribution >= 4 is 23.3 Å². The average molecular weight is 447 g/mol. The Labute approximate surface area is 182 Å². The molecular formula is C21H20ClFN4O4. The van der Waals surface area contributed by atoms with Gasteiger partial charge in [-0.2, -0.15) is 5.10 Å². The van der Waals surface area contributed by atoms with E-state index in [9.17, 15) is 14.0 Å². The summed E-state index contributed by atoms with van der Waals surface area (Å²) >= 11 is 5.70. The molecule has 0 aliphatic rings. The first-order valence-corrected chi connectivity index (χ1v) is 9.59. The van der Waals surface area contributed by atoms with Gasteiger partial charge in [0.1, 0.15) is 17.3 Å². The first kappa shape index (κ1) is 22.1. The summed E-state index contributed by atoms with van der Waals surface area (Å²) in [6.07, 6.45) is 0. The van der Waals surface area contributed by atoms with Crippen molar-refractivity contribution in [3.8, 4) is 22.8 Å². The number of nitrogens with zero attached hydrogens (tertiary/aromatic N) is 2. The molecule has 162 valence electrons. The Bertz CT molecular complexity index is 1150. The van der Waals surface area contributed by atoms with E-state index in [-0.39, 0.29) is 23.7 Å². The van der Waals surface area contributed by atoms with Crippen LogP contribution in [0.5, 0.6) is 11.5 Å². The number of carbonyl (C=O) groups excluding carboxylic acids is 1. The molecule has 0 aliphatic heterocycles. The van der Waals surface area contributed by atoms with E-state index in [1.807, 2.05) is 0 Å². The fraction of sp³-hybridized carbons (Fsp3) is 0.190. The number of benzene rings is 2. The third-order valence-corrected chi connectivity index (χ3v) is 4.63. The van der Waals surface area contributed by atoms with Gasteiger partial charge in [0.05, 0.1) is 31.5 Å². The lowest BCUT2D eigenvalue weighted by atomic mass is 10.1. The zero-order valence-corrected chi connectivity index (χ0v) is 17.6. The molecule has 0 aliphatic carbocycles. The molecule has 0 bridgehead atoms. The molecule has 0 atom stereocenters. The summed E-state index contributed by atoms with van der Waals surface area (Å²) in [5.41, 5.74) is 1.19. The van der Waals surface area contributed by atoms with Gasteiger partial charge in [-0.25, -0.2) is 13.9 Å². The Morgan fingerprint density at radius 2 is 1.94 bits per heavy atom. The first-order chi connectivity index (χ1) is 14.9. The van der Waals surface area contributed by atoms with Crippen LogP contribution in [0.15, 0.2) is 53.3 Å². The standard InChI is InChI=1S/C21H20ClFN4O4/c1-30-14-4-7-19(31-2)15(12-14)18-6-8-20(28)27(26-18)10-9-24-21(29)25-13-3-5-17(23)16(22)11-13/h3-8,11-12H,9-10H2,1-2H3,(H2,24,25,29). The van der Waals surface area contributed by atoms with Crippen molar-refractivity contribution in [3.63, 3.8) is 0 Å². The maximum absolute atomic E-state index is 13.2. The predicted molar refractivity (Wildman–Crippen MR) is 115 cm³/mol. The third-order valence-electron chi connectivity index (χ3n) is 4.34. The van der Waals surface area contributed by atoms with Gasteiger partial charge in [0, 0.05) is 23.9 Å². The van der Waals surface area contributed by atoms with Gasteiger partial charge in [0.2, 0.25) is 0 Å². The number of anilines is 1. The van der Waals surface area contributed by atoms with Crippen LogP contribution < -0.4 is 25.7 Å². The Kier molecular flexibility index (Phi) is 7.09. The number of hydrogen-bond donors (Lipinski definition) is 2. The lowest BCUT2D eigenvalue weighted by molar-refractivity contribution is 0.251. The van der Waals surface area contributed by atoms with E-state index in [0.717, 1.165) is 6.07 Å². The van der Waals surface area contributed by atoms with E-state index in [1.165, 1.54) is 30.0 Å². The van der Waals surface area contributed by atoms with Gasteiger partial charge in [-0.15, -0.1) is 0 Å². The number of methoxy groups -OCH3 is 2. The molecular weight excluding hydrogens is 427 g/mol. The maximum atomic E-state index is 13.2. The Balaban J connectivity index is 1.68. The van der Waals surface area contributed by atoms with Crippen molar-refractivity contribution in [2.45, 2.75) is 6.54 Å². The van der Waals surface area contributed by atoms with Gasteiger partial charge in [0.15, 0.2) is 0 Å². The normalized spacial score (nSPS) is 10.5. The van der Waals surface area contributed by atoms with Gasteiger partial charge in [-0.3, -0.25) is 4.79 Å². The van der Waals surface area contributed by atoms with Crippen molar-refractivity contribution in [3.05, 3.63) is 69.7 Å². The van der Waals surface area contributed by atoms with E-state index in [1.54, 1.807) is 31.4 Å². The van der Waals surface area contributed by atoms with Crippen LogP contribution in [-0.4, -0.2) is 36.6 Å². The van der Waals surface area contributed by atoms with Gasteiger partial charge in [-0.05, 0) is 42.5 Å². The Morgan fingerprint density at radius 1 is 1.13 bits per heavy atom. The maximum Gasteiger partial charge on any atom is 0.319 e. The van der Waals surface area contributed by atoms with Crippen molar-refractivity contribution in [1.29, 1.82) is 0 Å². The molecule has 0 spiro atoms. The molecule has 0 saturated carbocycles. The zero-order valence-electron chi connectivity index (χ0n) is 16.8. The molecule has 0 fully saturated rings. The molecule has 31 heavy (non-hydrogen) atoms. The topological polar surface area (TPSA) is 94.5 Å². The number of ether oxygens (including phenoxy) is 2. The molecule has 1 aromatic heterocycles. The smallest absolute Gasteiger partial charge is 0.319 e. The average Bonchev–Trinajstić information content (AvgIpc) is 2.77. The van der Waals surface area contributed by atoms with Crippen LogP contribution >= 0.6 is 11.6 Å². The fourth-order valence-electron chi connectivity index (χ4n) is 2.79. The molecule has 2 aromatic carbocycles. The van der Waals surface area contributed by atoms with E-state index in [4.69, 9.17) is 21.1 Å². The third kappa shape index (κ3) is 5.52. The summed E-state index contributed by atoms with van der Waals surface area (Å²) in [6.45, 7) is 0.267. The molecule has 2 N–H and O–H groups in total. The number of halogens is 2. The number of carbonyl (C=O) groups is 1. The Morgan fingerprint density at radius 3 is 2.65 bits per heavy atom. The highest BCUT2D eigenvalue weighted by Crippen LogP contribution is 2.31. The van der Waals surface area contributed by atoms with E-state index in [2.05, 4.69) is 15.7 Å². The lowest BCUT2D eigenvalue weighted by Crippen LogP contribution is -2.34. The minimum Gasteiger partial charge on any atom is -0.497 e. The molecule has 0 radical (unpaired) electrons. The van der Waals surface area contributed by atoms with Crippen LogP contribution in [0.3, 0.4) is 0 Å². The molecule has 3 aromatic rings. The summed E-state index contributed by atoms with van der Waals surface area (Å²) in [7, 11) is 3.09.